The Bertz CT molecular complexity index is 717. The van der Waals surface area contributed by atoms with E-state index >= 15 is 0 Å². The lowest BCUT2D eigenvalue weighted by molar-refractivity contribution is -0.126. The molecule has 0 bridgehead atoms. The Morgan fingerprint density at radius 3 is 2.96 bits per heavy atom. The van der Waals surface area contributed by atoms with Crippen LogP contribution in [0.1, 0.15) is 11.1 Å². The van der Waals surface area contributed by atoms with Crippen molar-refractivity contribution in [3.8, 4) is 11.5 Å². The number of amides is 1. The Balaban J connectivity index is 1.63. The molecule has 1 atom stereocenters. The van der Waals surface area contributed by atoms with Gasteiger partial charge in [-0.05, 0) is 41.8 Å². The smallest absolute Gasteiger partial charge is 0.227 e. The highest BCUT2D eigenvalue weighted by molar-refractivity contribution is 6.31. The zero-order chi connectivity index (χ0) is 16.2. The van der Waals surface area contributed by atoms with E-state index in [2.05, 4.69) is 5.32 Å². The molecule has 23 heavy (non-hydrogen) atoms. The van der Waals surface area contributed by atoms with Gasteiger partial charge in [0, 0.05) is 11.6 Å². The topological polar surface area (TPSA) is 47.6 Å². The van der Waals surface area contributed by atoms with E-state index in [0.29, 0.717) is 24.6 Å². The SMILES string of the molecule is COc1ccc2c(c1)C[C@H](C(=O)NCc1ccccc1Cl)CO2. The van der Waals surface area contributed by atoms with Crippen LogP contribution >= 0.6 is 11.6 Å². The van der Waals surface area contributed by atoms with E-state index in [1.54, 1.807) is 7.11 Å². The van der Waals surface area contributed by atoms with Crippen LogP contribution < -0.4 is 14.8 Å². The minimum atomic E-state index is -0.211. The average molecular weight is 332 g/mol. The lowest BCUT2D eigenvalue weighted by Gasteiger charge is -2.25. The summed E-state index contributed by atoms with van der Waals surface area (Å²) in [4.78, 5) is 12.4. The number of carbonyl (C=O) groups is 1. The van der Waals surface area contributed by atoms with Gasteiger partial charge in [-0.1, -0.05) is 29.8 Å². The minimum Gasteiger partial charge on any atom is -0.497 e. The van der Waals surface area contributed by atoms with Crippen molar-refractivity contribution in [2.75, 3.05) is 13.7 Å². The van der Waals surface area contributed by atoms with Crippen LogP contribution in [0.3, 0.4) is 0 Å². The van der Waals surface area contributed by atoms with Crippen molar-refractivity contribution in [2.24, 2.45) is 5.92 Å². The Kier molecular flexibility index (Phi) is 4.72. The molecule has 0 saturated carbocycles. The fourth-order valence-corrected chi connectivity index (χ4v) is 2.84. The van der Waals surface area contributed by atoms with Gasteiger partial charge in [0.25, 0.3) is 0 Å². The monoisotopic (exact) mass is 331 g/mol. The quantitative estimate of drug-likeness (QED) is 0.935. The number of ether oxygens (including phenoxy) is 2. The first-order valence-electron chi connectivity index (χ1n) is 7.48. The molecule has 1 heterocycles. The summed E-state index contributed by atoms with van der Waals surface area (Å²) >= 11 is 6.10. The minimum absolute atomic E-state index is 0.0293. The summed E-state index contributed by atoms with van der Waals surface area (Å²) in [7, 11) is 1.62. The molecular weight excluding hydrogens is 314 g/mol. The molecule has 0 saturated heterocycles. The van der Waals surface area contributed by atoms with Crippen molar-refractivity contribution in [3.63, 3.8) is 0 Å². The normalized spacial score (nSPS) is 16.2. The molecule has 0 fully saturated rings. The Hall–Kier alpha value is -2.20. The molecule has 5 heteroatoms. The number of hydrogen-bond donors (Lipinski definition) is 1. The Labute approximate surface area is 140 Å². The molecule has 0 aliphatic carbocycles. The Morgan fingerprint density at radius 2 is 2.17 bits per heavy atom. The molecule has 0 unspecified atom stereocenters. The first-order valence-corrected chi connectivity index (χ1v) is 7.86. The third-order valence-electron chi connectivity index (χ3n) is 3.96. The van der Waals surface area contributed by atoms with Gasteiger partial charge in [-0.3, -0.25) is 4.79 Å². The van der Waals surface area contributed by atoms with Gasteiger partial charge in [0.2, 0.25) is 5.91 Å². The number of benzene rings is 2. The molecule has 120 valence electrons. The average Bonchev–Trinajstić information content (AvgIpc) is 2.59. The summed E-state index contributed by atoms with van der Waals surface area (Å²) in [5, 5.41) is 3.59. The summed E-state index contributed by atoms with van der Waals surface area (Å²) < 4.78 is 10.9. The largest absolute Gasteiger partial charge is 0.497 e. The van der Waals surface area contributed by atoms with Crippen LogP contribution in [-0.2, 0) is 17.8 Å². The number of halogens is 1. The van der Waals surface area contributed by atoms with Gasteiger partial charge in [0.05, 0.1) is 13.0 Å². The zero-order valence-electron chi connectivity index (χ0n) is 12.8. The molecule has 1 aliphatic heterocycles. The maximum absolute atomic E-state index is 12.4. The molecule has 0 spiro atoms. The van der Waals surface area contributed by atoms with Gasteiger partial charge in [-0.15, -0.1) is 0 Å². The molecule has 0 aromatic heterocycles. The number of carbonyl (C=O) groups excluding carboxylic acids is 1. The van der Waals surface area contributed by atoms with E-state index in [0.717, 1.165) is 22.6 Å². The highest BCUT2D eigenvalue weighted by Crippen LogP contribution is 2.30. The van der Waals surface area contributed by atoms with Gasteiger partial charge >= 0.3 is 0 Å². The molecular formula is C18H18ClNO3. The molecule has 3 rings (SSSR count). The summed E-state index contributed by atoms with van der Waals surface area (Å²) in [5.41, 5.74) is 1.90. The molecule has 0 radical (unpaired) electrons. The van der Waals surface area contributed by atoms with Crippen LogP contribution in [0.2, 0.25) is 5.02 Å². The van der Waals surface area contributed by atoms with E-state index in [-0.39, 0.29) is 11.8 Å². The fourth-order valence-electron chi connectivity index (χ4n) is 2.63. The molecule has 4 nitrogen and oxygen atoms in total. The van der Waals surface area contributed by atoms with Crippen LogP contribution in [0.25, 0.3) is 0 Å². The first kappa shape index (κ1) is 15.7. The number of methoxy groups -OCH3 is 1. The van der Waals surface area contributed by atoms with E-state index < -0.39 is 0 Å². The van der Waals surface area contributed by atoms with Crippen LogP contribution in [0.5, 0.6) is 11.5 Å². The van der Waals surface area contributed by atoms with E-state index in [9.17, 15) is 4.79 Å². The third kappa shape index (κ3) is 3.59. The molecule has 1 N–H and O–H groups in total. The lowest BCUT2D eigenvalue weighted by atomic mass is 9.95. The predicted molar refractivity (Wildman–Crippen MR) is 89.0 cm³/mol. The third-order valence-corrected chi connectivity index (χ3v) is 4.32. The summed E-state index contributed by atoms with van der Waals surface area (Å²) in [5.74, 6) is 1.35. The molecule has 1 amide bonds. The highest BCUT2D eigenvalue weighted by atomic mass is 35.5. The van der Waals surface area contributed by atoms with Crippen molar-refractivity contribution in [3.05, 3.63) is 58.6 Å². The number of nitrogens with one attached hydrogen (secondary N) is 1. The number of fused-ring (bicyclic) bond motifs is 1. The van der Waals surface area contributed by atoms with E-state index in [1.165, 1.54) is 0 Å². The van der Waals surface area contributed by atoms with Crippen LogP contribution in [0.15, 0.2) is 42.5 Å². The second kappa shape index (κ2) is 6.92. The van der Waals surface area contributed by atoms with Crippen molar-refractivity contribution in [1.29, 1.82) is 0 Å². The van der Waals surface area contributed by atoms with Gasteiger partial charge in [-0.2, -0.15) is 0 Å². The standard InChI is InChI=1S/C18H18ClNO3/c1-22-15-6-7-17-13(9-15)8-14(11-23-17)18(21)20-10-12-4-2-3-5-16(12)19/h2-7,9,14H,8,10-11H2,1H3,(H,20,21)/t14-/m0/s1. The molecule has 2 aromatic carbocycles. The van der Waals surface area contributed by atoms with Gasteiger partial charge in [0.1, 0.15) is 18.1 Å². The maximum Gasteiger partial charge on any atom is 0.227 e. The predicted octanol–water partition coefficient (Wildman–Crippen LogP) is 3.22. The van der Waals surface area contributed by atoms with Crippen molar-refractivity contribution in [1.82, 2.24) is 5.32 Å². The number of rotatable bonds is 4. The van der Waals surface area contributed by atoms with Gasteiger partial charge in [0.15, 0.2) is 0 Å². The highest BCUT2D eigenvalue weighted by Gasteiger charge is 2.26. The van der Waals surface area contributed by atoms with E-state index in [4.69, 9.17) is 21.1 Å². The summed E-state index contributed by atoms with van der Waals surface area (Å²) in [6.07, 6.45) is 0.640. The van der Waals surface area contributed by atoms with Crippen LogP contribution in [0, 0.1) is 5.92 Å². The second-order valence-electron chi connectivity index (χ2n) is 5.49. The second-order valence-corrected chi connectivity index (χ2v) is 5.90. The van der Waals surface area contributed by atoms with Crippen LogP contribution in [-0.4, -0.2) is 19.6 Å². The summed E-state index contributed by atoms with van der Waals surface area (Å²) in [6.45, 7) is 0.799. The maximum atomic E-state index is 12.4. The first-order chi connectivity index (χ1) is 11.2. The fraction of sp³-hybridized carbons (Fsp3) is 0.278. The lowest BCUT2D eigenvalue weighted by Crippen LogP contribution is -2.37. The van der Waals surface area contributed by atoms with Crippen molar-refractivity contribution in [2.45, 2.75) is 13.0 Å². The van der Waals surface area contributed by atoms with Gasteiger partial charge in [-0.25, -0.2) is 0 Å². The molecule has 1 aliphatic rings. The summed E-state index contributed by atoms with van der Waals surface area (Å²) in [6, 6.07) is 13.1. The van der Waals surface area contributed by atoms with Crippen molar-refractivity contribution >= 4 is 17.5 Å². The Morgan fingerprint density at radius 1 is 1.35 bits per heavy atom. The van der Waals surface area contributed by atoms with Crippen molar-refractivity contribution < 1.29 is 14.3 Å². The molecule has 2 aromatic rings. The van der Waals surface area contributed by atoms with Gasteiger partial charge < -0.3 is 14.8 Å². The zero-order valence-corrected chi connectivity index (χ0v) is 13.6. The van der Waals surface area contributed by atoms with Crippen LogP contribution in [0.4, 0.5) is 0 Å². The van der Waals surface area contributed by atoms with E-state index in [1.807, 2.05) is 42.5 Å². The number of hydrogen-bond acceptors (Lipinski definition) is 3.